The molecule has 2 aromatic rings. The average molecular weight is 349 g/mol. The quantitative estimate of drug-likeness (QED) is 0.524. The third-order valence-corrected chi connectivity index (χ3v) is 8.30. The minimum atomic E-state index is -1.33. The monoisotopic (exact) mass is 348 g/mol. The summed E-state index contributed by atoms with van der Waals surface area (Å²) < 4.78 is 0. The molecule has 1 atom stereocenters. The highest BCUT2D eigenvalue weighted by atomic mass is 28.3. The summed E-state index contributed by atoms with van der Waals surface area (Å²) in [6, 6.07) is 15.9. The Balaban J connectivity index is 2.14. The van der Waals surface area contributed by atoms with E-state index in [2.05, 4.69) is 95.9 Å². The van der Waals surface area contributed by atoms with Gasteiger partial charge in [0.15, 0.2) is 0 Å². The molecule has 25 heavy (non-hydrogen) atoms. The van der Waals surface area contributed by atoms with Crippen LogP contribution in [0.5, 0.6) is 0 Å². The maximum Gasteiger partial charge on any atom is 0.0736 e. The molecule has 0 N–H and O–H groups in total. The van der Waals surface area contributed by atoms with Gasteiger partial charge in [-0.15, -0.1) is 0 Å². The fourth-order valence-corrected chi connectivity index (χ4v) is 7.20. The van der Waals surface area contributed by atoms with Crippen molar-refractivity contribution in [3.8, 4) is 0 Å². The van der Waals surface area contributed by atoms with Crippen LogP contribution < -0.4 is 0 Å². The van der Waals surface area contributed by atoms with E-state index in [4.69, 9.17) is 0 Å². The predicted octanol–water partition coefficient (Wildman–Crippen LogP) is 6.95. The molecule has 0 bridgehead atoms. The van der Waals surface area contributed by atoms with Gasteiger partial charge in [0.05, 0.1) is 8.07 Å². The summed E-state index contributed by atoms with van der Waals surface area (Å²) in [6.07, 6.45) is 3.61. The van der Waals surface area contributed by atoms with Crippen molar-refractivity contribution < 1.29 is 0 Å². The second kappa shape index (κ2) is 6.28. The van der Waals surface area contributed by atoms with Gasteiger partial charge in [-0.2, -0.15) is 0 Å². The molecule has 0 aromatic heterocycles. The van der Waals surface area contributed by atoms with Crippen molar-refractivity contribution in [2.24, 2.45) is 0 Å². The maximum absolute atomic E-state index is 2.52. The van der Waals surface area contributed by atoms with Crippen molar-refractivity contribution in [2.75, 3.05) is 0 Å². The fraction of sp³-hybridized carbons (Fsp3) is 0.417. The molecule has 1 aliphatic carbocycles. The van der Waals surface area contributed by atoms with Crippen LogP contribution in [0.15, 0.2) is 47.7 Å². The Morgan fingerprint density at radius 1 is 1.00 bits per heavy atom. The predicted molar refractivity (Wildman–Crippen MR) is 114 cm³/mol. The van der Waals surface area contributed by atoms with E-state index in [1.54, 1.807) is 5.20 Å². The summed E-state index contributed by atoms with van der Waals surface area (Å²) in [7, 11) is -1.33. The second-order valence-electron chi connectivity index (χ2n) is 9.06. The first kappa shape index (κ1) is 18.2. The summed E-state index contributed by atoms with van der Waals surface area (Å²) in [5.41, 5.74) is 7.58. The van der Waals surface area contributed by atoms with Crippen molar-refractivity contribution in [3.63, 3.8) is 0 Å². The van der Waals surface area contributed by atoms with Crippen molar-refractivity contribution in [1.29, 1.82) is 0 Å². The molecule has 0 fully saturated rings. The smallest absolute Gasteiger partial charge is 0.0707 e. The van der Waals surface area contributed by atoms with Gasteiger partial charge in [-0.05, 0) is 34.2 Å². The number of benzene rings is 2. The van der Waals surface area contributed by atoms with Crippen molar-refractivity contribution in [2.45, 2.75) is 65.1 Å². The summed E-state index contributed by atoms with van der Waals surface area (Å²) in [4.78, 5) is 0. The Kier molecular flexibility index (Phi) is 4.57. The van der Waals surface area contributed by atoms with E-state index in [9.17, 15) is 0 Å². The molecule has 0 radical (unpaired) electrons. The molecule has 0 saturated heterocycles. The lowest BCUT2D eigenvalue weighted by Crippen LogP contribution is -2.34. The van der Waals surface area contributed by atoms with Crippen molar-refractivity contribution in [1.82, 2.24) is 0 Å². The minimum absolute atomic E-state index is 0.179. The third-order valence-electron chi connectivity index (χ3n) is 5.91. The molecule has 1 aliphatic rings. The standard InChI is InChI=1S/C24H32Si/c1-8-18-15-22-20(16-23(24(22,3)4)25(5,6)7)14-21(18)17(2)19-12-10-9-11-13-19/h9-17H,8H2,1-7H3. The fourth-order valence-electron chi connectivity index (χ4n) is 4.61. The molecule has 0 amide bonds. The van der Waals surface area contributed by atoms with Gasteiger partial charge in [0, 0.05) is 11.3 Å². The van der Waals surface area contributed by atoms with Crippen LogP contribution in [-0.2, 0) is 11.8 Å². The number of fused-ring (bicyclic) bond motifs is 1. The Labute approximate surface area is 155 Å². The van der Waals surface area contributed by atoms with Gasteiger partial charge in [0.2, 0.25) is 0 Å². The molecule has 132 valence electrons. The molecule has 3 rings (SSSR count). The number of allylic oxidation sites excluding steroid dienone is 1. The zero-order valence-electron chi connectivity index (χ0n) is 16.9. The number of hydrogen-bond donors (Lipinski definition) is 0. The lowest BCUT2D eigenvalue weighted by Gasteiger charge is -2.33. The Bertz CT molecular complexity index is 804. The summed E-state index contributed by atoms with van der Waals surface area (Å²) in [5, 5.41) is 1.68. The lowest BCUT2D eigenvalue weighted by atomic mass is 9.81. The molecule has 0 spiro atoms. The van der Waals surface area contributed by atoms with Crippen LogP contribution in [0, 0.1) is 0 Å². The summed E-state index contributed by atoms with van der Waals surface area (Å²) in [5.74, 6) is 0.439. The summed E-state index contributed by atoms with van der Waals surface area (Å²) in [6.45, 7) is 16.9. The molecule has 1 heteroatoms. The number of rotatable bonds is 4. The van der Waals surface area contributed by atoms with Crippen LogP contribution in [-0.4, -0.2) is 8.07 Å². The minimum Gasteiger partial charge on any atom is -0.0707 e. The van der Waals surface area contributed by atoms with E-state index in [1.807, 2.05) is 0 Å². The molecule has 1 unspecified atom stereocenters. The molecule has 0 heterocycles. The van der Waals surface area contributed by atoms with E-state index < -0.39 is 8.07 Å². The van der Waals surface area contributed by atoms with Gasteiger partial charge in [-0.3, -0.25) is 0 Å². The van der Waals surface area contributed by atoms with E-state index in [0.717, 1.165) is 6.42 Å². The van der Waals surface area contributed by atoms with Gasteiger partial charge in [-0.25, -0.2) is 0 Å². The van der Waals surface area contributed by atoms with Gasteiger partial charge in [-0.1, -0.05) is 101 Å². The highest BCUT2D eigenvalue weighted by Crippen LogP contribution is 2.47. The molecular formula is C24H32Si. The molecule has 2 aromatic carbocycles. The van der Waals surface area contributed by atoms with Crippen LogP contribution in [0.25, 0.3) is 6.08 Å². The van der Waals surface area contributed by atoms with Gasteiger partial charge < -0.3 is 0 Å². The molecule has 0 aliphatic heterocycles. The van der Waals surface area contributed by atoms with E-state index in [0.29, 0.717) is 5.92 Å². The lowest BCUT2D eigenvalue weighted by molar-refractivity contribution is 0.661. The largest absolute Gasteiger partial charge is 0.0736 e. The van der Waals surface area contributed by atoms with E-state index in [1.165, 1.54) is 27.8 Å². The SMILES string of the molecule is CCc1cc2c(cc1C(C)c1ccccc1)C=C([Si](C)(C)C)C2(C)C. The molecule has 0 saturated carbocycles. The third kappa shape index (κ3) is 3.15. The first-order valence-electron chi connectivity index (χ1n) is 9.61. The highest BCUT2D eigenvalue weighted by molar-refractivity contribution is 6.84. The normalized spacial score (nSPS) is 17.2. The van der Waals surface area contributed by atoms with Crippen molar-refractivity contribution >= 4 is 14.1 Å². The van der Waals surface area contributed by atoms with Crippen LogP contribution in [0.2, 0.25) is 19.6 Å². The van der Waals surface area contributed by atoms with Gasteiger partial charge in [0.25, 0.3) is 0 Å². The average Bonchev–Trinajstić information content (AvgIpc) is 2.84. The Morgan fingerprint density at radius 3 is 2.20 bits per heavy atom. The number of hydrogen-bond acceptors (Lipinski definition) is 0. The van der Waals surface area contributed by atoms with E-state index in [-0.39, 0.29) is 5.41 Å². The zero-order valence-corrected chi connectivity index (χ0v) is 17.9. The van der Waals surface area contributed by atoms with Gasteiger partial charge >= 0.3 is 0 Å². The zero-order chi connectivity index (χ0) is 18.4. The first-order chi connectivity index (χ1) is 11.7. The van der Waals surface area contributed by atoms with Crippen LogP contribution >= 0.6 is 0 Å². The van der Waals surface area contributed by atoms with Gasteiger partial charge in [0.1, 0.15) is 0 Å². The van der Waals surface area contributed by atoms with Crippen LogP contribution in [0.3, 0.4) is 0 Å². The number of aryl methyl sites for hydroxylation is 1. The topological polar surface area (TPSA) is 0 Å². The summed E-state index contributed by atoms with van der Waals surface area (Å²) >= 11 is 0. The van der Waals surface area contributed by atoms with Crippen LogP contribution in [0.1, 0.15) is 61.4 Å². The Morgan fingerprint density at radius 2 is 1.64 bits per heavy atom. The molecule has 0 nitrogen and oxygen atoms in total. The van der Waals surface area contributed by atoms with Crippen molar-refractivity contribution in [3.05, 3.63) is 75.5 Å². The second-order valence-corrected chi connectivity index (χ2v) is 14.1. The first-order valence-corrected chi connectivity index (χ1v) is 13.1. The Hall–Kier alpha value is -1.60. The van der Waals surface area contributed by atoms with Crippen LogP contribution in [0.4, 0.5) is 0 Å². The maximum atomic E-state index is 2.52. The highest BCUT2D eigenvalue weighted by Gasteiger charge is 2.39. The molecular weight excluding hydrogens is 316 g/mol. The van der Waals surface area contributed by atoms with E-state index >= 15 is 0 Å².